The molecule has 3 rings (SSSR count). The highest BCUT2D eigenvalue weighted by Gasteiger charge is 2.17. The number of aromatic carboxylic acids is 1. The van der Waals surface area contributed by atoms with Crippen LogP contribution in [0.25, 0.3) is 22.0 Å². The first kappa shape index (κ1) is 14.1. The van der Waals surface area contributed by atoms with Gasteiger partial charge < -0.3 is 14.4 Å². The second-order valence-corrected chi connectivity index (χ2v) is 4.98. The summed E-state index contributed by atoms with van der Waals surface area (Å²) in [7, 11) is 3.14. The predicted octanol–water partition coefficient (Wildman–Crippen LogP) is 3.69. The van der Waals surface area contributed by atoms with Crippen LogP contribution in [0.4, 0.5) is 4.39 Å². The summed E-state index contributed by atoms with van der Waals surface area (Å²) in [6.07, 6.45) is 0. The Hall–Kier alpha value is -2.82. The molecule has 3 aromatic rings. The SMILES string of the molecule is COc1ccc(-c2cccc3cc(C(=O)O)n(C)c23)c(F)c1. The summed E-state index contributed by atoms with van der Waals surface area (Å²) in [4.78, 5) is 11.3. The fourth-order valence-corrected chi connectivity index (χ4v) is 2.68. The number of hydrogen-bond donors (Lipinski definition) is 1. The Balaban J connectivity index is 2.30. The number of carbonyl (C=O) groups is 1. The first-order valence-electron chi connectivity index (χ1n) is 6.68. The van der Waals surface area contributed by atoms with Gasteiger partial charge in [0.15, 0.2) is 0 Å². The van der Waals surface area contributed by atoms with E-state index >= 15 is 0 Å². The molecule has 0 radical (unpaired) electrons. The molecule has 1 heterocycles. The number of para-hydroxylation sites is 1. The molecule has 1 aromatic heterocycles. The molecule has 5 heteroatoms. The Morgan fingerprint density at radius 3 is 2.59 bits per heavy atom. The van der Waals surface area contributed by atoms with E-state index in [1.54, 1.807) is 41.9 Å². The Bertz CT molecular complexity index is 883. The van der Waals surface area contributed by atoms with Crippen molar-refractivity contribution in [3.8, 4) is 16.9 Å². The smallest absolute Gasteiger partial charge is 0.352 e. The summed E-state index contributed by atoms with van der Waals surface area (Å²) in [5, 5.41) is 10.00. The van der Waals surface area contributed by atoms with Crippen LogP contribution in [0.1, 0.15) is 10.5 Å². The molecule has 0 saturated heterocycles. The van der Waals surface area contributed by atoms with E-state index in [4.69, 9.17) is 4.74 Å². The fourth-order valence-electron chi connectivity index (χ4n) is 2.68. The van der Waals surface area contributed by atoms with Gasteiger partial charge in [-0.15, -0.1) is 0 Å². The zero-order valence-electron chi connectivity index (χ0n) is 12.1. The highest BCUT2D eigenvalue weighted by atomic mass is 19.1. The second-order valence-electron chi connectivity index (χ2n) is 4.98. The molecule has 0 amide bonds. The maximum atomic E-state index is 14.3. The highest BCUT2D eigenvalue weighted by molar-refractivity contribution is 6.00. The number of aromatic nitrogens is 1. The van der Waals surface area contributed by atoms with Crippen LogP contribution in [0.2, 0.25) is 0 Å². The number of carboxylic acid groups (broad SMARTS) is 1. The fraction of sp³-hybridized carbons (Fsp3) is 0.118. The molecule has 0 fully saturated rings. The second kappa shape index (κ2) is 5.18. The minimum Gasteiger partial charge on any atom is -0.497 e. The molecule has 1 N–H and O–H groups in total. The predicted molar refractivity (Wildman–Crippen MR) is 81.8 cm³/mol. The van der Waals surface area contributed by atoms with Crippen molar-refractivity contribution in [2.45, 2.75) is 0 Å². The van der Waals surface area contributed by atoms with Crippen LogP contribution in [0, 0.1) is 5.82 Å². The summed E-state index contributed by atoms with van der Waals surface area (Å²) in [6.45, 7) is 0. The van der Waals surface area contributed by atoms with Crippen molar-refractivity contribution in [3.05, 3.63) is 54.0 Å². The van der Waals surface area contributed by atoms with Crippen molar-refractivity contribution in [2.75, 3.05) is 7.11 Å². The van der Waals surface area contributed by atoms with Crippen molar-refractivity contribution < 1.29 is 19.0 Å². The van der Waals surface area contributed by atoms with Gasteiger partial charge in [-0.2, -0.15) is 0 Å². The van der Waals surface area contributed by atoms with Crippen LogP contribution in [0.3, 0.4) is 0 Å². The number of nitrogens with zero attached hydrogens (tertiary/aromatic N) is 1. The standard InChI is InChI=1S/C17H14FNO3/c1-19-15(17(20)21)8-10-4-3-5-13(16(10)19)12-7-6-11(22-2)9-14(12)18/h3-9H,1-2H3,(H,20,21). The monoisotopic (exact) mass is 299 g/mol. The van der Waals surface area contributed by atoms with E-state index in [0.717, 1.165) is 5.39 Å². The van der Waals surface area contributed by atoms with Gasteiger partial charge in [0.2, 0.25) is 0 Å². The Kier molecular flexibility index (Phi) is 3.33. The lowest BCUT2D eigenvalue weighted by Crippen LogP contribution is -2.04. The number of aryl methyl sites for hydroxylation is 1. The van der Waals surface area contributed by atoms with Crippen molar-refractivity contribution in [1.82, 2.24) is 4.57 Å². The van der Waals surface area contributed by atoms with Gasteiger partial charge in [0, 0.05) is 29.6 Å². The van der Waals surface area contributed by atoms with Crippen LogP contribution in [0.5, 0.6) is 5.75 Å². The van der Waals surface area contributed by atoms with Gasteiger partial charge in [0.1, 0.15) is 17.3 Å². The lowest BCUT2D eigenvalue weighted by molar-refractivity contribution is 0.0687. The lowest BCUT2D eigenvalue weighted by atomic mass is 10.0. The zero-order valence-corrected chi connectivity index (χ0v) is 12.1. The van der Waals surface area contributed by atoms with Crippen molar-refractivity contribution in [3.63, 3.8) is 0 Å². The summed E-state index contributed by atoms with van der Waals surface area (Å²) >= 11 is 0. The molecule has 22 heavy (non-hydrogen) atoms. The van der Waals surface area contributed by atoms with Crippen LogP contribution in [-0.4, -0.2) is 22.8 Å². The molecule has 0 spiro atoms. The maximum Gasteiger partial charge on any atom is 0.352 e. The third kappa shape index (κ3) is 2.11. The molecule has 2 aromatic carbocycles. The number of hydrogen-bond acceptors (Lipinski definition) is 2. The number of carboxylic acids is 1. The molecule has 0 bridgehead atoms. The van der Waals surface area contributed by atoms with Crippen LogP contribution in [0.15, 0.2) is 42.5 Å². The van der Waals surface area contributed by atoms with E-state index in [1.807, 2.05) is 6.07 Å². The molecule has 0 aliphatic heterocycles. The molecule has 112 valence electrons. The van der Waals surface area contributed by atoms with E-state index in [9.17, 15) is 14.3 Å². The van der Waals surface area contributed by atoms with Gasteiger partial charge in [-0.3, -0.25) is 0 Å². The Morgan fingerprint density at radius 2 is 1.95 bits per heavy atom. The first-order chi connectivity index (χ1) is 10.5. The number of halogens is 1. The molecule has 0 saturated carbocycles. The molecule has 4 nitrogen and oxygen atoms in total. The van der Waals surface area contributed by atoms with Gasteiger partial charge in [-0.25, -0.2) is 9.18 Å². The van der Waals surface area contributed by atoms with Gasteiger partial charge in [-0.1, -0.05) is 18.2 Å². The number of rotatable bonds is 3. The minimum absolute atomic E-state index is 0.163. The molecular weight excluding hydrogens is 285 g/mol. The normalized spacial score (nSPS) is 10.9. The summed E-state index contributed by atoms with van der Waals surface area (Å²) in [5.74, 6) is -0.990. The van der Waals surface area contributed by atoms with Crippen molar-refractivity contribution in [1.29, 1.82) is 0 Å². The number of ether oxygens (including phenoxy) is 1. The summed E-state index contributed by atoms with van der Waals surface area (Å²) in [6, 6.07) is 11.6. The van der Waals surface area contributed by atoms with E-state index in [1.165, 1.54) is 13.2 Å². The van der Waals surface area contributed by atoms with Crippen LogP contribution >= 0.6 is 0 Å². The lowest BCUT2D eigenvalue weighted by Gasteiger charge is -2.09. The third-order valence-electron chi connectivity index (χ3n) is 3.74. The summed E-state index contributed by atoms with van der Waals surface area (Å²) in [5.41, 5.74) is 1.90. The number of methoxy groups -OCH3 is 1. The van der Waals surface area contributed by atoms with Crippen molar-refractivity contribution >= 4 is 16.9 Å². The Labute approximate surface area is 126 Å². The minimum atomic E-state index is -1.01. The topological polar surface area (TPSA) is 51.5 Å². The number of fused-ring (bicyclic) bond motifs is 1. The van der Waals surface area contributed by atoms with E-state index in [2.05, 4.69) is 0 Å². The van der Waals surface area contributed by atoms with Crippen molar-refractivity contribution in [2.24, 2.45) is 7.05 Å². The van der Waals surface area contributed by atoms with Gasteiger partial charge in [0.25, 0.3) is 0 Å². The van der Waals surface area contributed by atoms with E-state index in [0.29, 0.717) is 22.4 Å². The quantitative estimate of drug-likeness (QED) is 0.802. The average Bonchev–Trinajstić information content (AvgIpc) is 2.85. The third-order valence-corrected chi connectivity index (χ3v) is 3.74. The molecule has 0 aliphatic rings. The molecular formula is C17H14FNO3. The average molecular weight is 299 g/mol. The van der Waals surface area contributed by atoms with Gasteiger partial charge in [-0.05, 0) is 18.2 Å². The molecule has 0 unspecified atom stereocenters. The Morgan fingerprint density at radius 1 is 1.18 bits per heavy atom. The van der Waals surface area contributed by atoms with Crippen LogP contribution in [-0.2, 0) is 7.05 Å². The van der Waals surface area contributed by atoms with Gasteiger partial charge >= 0.3 is 5.97 Å². The molecule has 0 atom stereocenters. The summed E-state index contributed by atoms with van der Waals surface area (Å²) < 4.78 is 20.9. The zero-order chi connectivity index (χ0) is 15.9. The number of benzene rings is 2. The first-order valence-corrected chi connectivity index (χ1v) is 6.68. The maximum absolute atomic E-state index is 14.3. The van der Waals surface area contributed by atoms with Gasteiger partial charge in [0.05, 0.1) is 12.6 Å². The highest BCUT2D eigenvalue weighted by Crippen LogP contribution is 2.33. The largest absolute Gasteiger partial charge is 0.497 e. The van der Waals surface area contributed by atoms with E-state index < -0.39 is 11.8 Å². The van der Waals surface area contributed by atoms with Crippen LogP contribution < -0.4 is 4.74 Å². The van der Waals surface area contributed by atoms with E-state index in [-0.39, 0.29) is 5.69 Å². The molecule has 0 aliphatic carbocycles.